The van der Waals surface area contributed by atoms with Gasteiger partial charge in [0.2, 0.25) is 0 Å². The molecule has 5 nitrogen and oxygen atoms in total. The number of methoxy groups -OCH3 is 2. The lowest BCUT2D eigenvalue weighted by atomic mass is 9.66. The van der Waals surface area contributed by atoms with E-state index in [0.29, 0.717) is 6.61 Å². The van der Waals surface area contributed by atoms with Crippen LogP contribution < -0.4 is 9.47 Å². The lowest BCUT2D eigenvalue weighted by molar-refractivity contribution is -0.159. The third-order valence-electron chi connectivity index (χ3n) is 7.43. The molecule has 3 aromatic carbocycles. The van der Waals surface area contributed by atoms with Crippen molar-refractivity contribution in [1.82, 2.24) is 4.90 Å². The van der Waals surface area contributed by atoms with Crippen LogP contribution in [-0.2, 0) is 9.53 Å². The maximum absolute atomic E-state index is 13.7. The zero-order chi connectivity index (χ0) is 21.9. The predicted octanol–water partition coefficient (Wildman–Crippen LogP) is 4.61. The van der Waals surface area contributed by atoms with Gasteiger partial charge in [-0.1, -0.05) is 42.5 Å². The molecule has 0 N–H and O–H groups in total. The first-order valence-electron chi connectivity index (χ1n) is 10.9. The molecule has 0 aliphatic carbocycles. The van der Waals surface area contributed by atoms with Gasteiger partial charge < -0.3 is 14.2 Å². The average molecular weight is 448 g/mol. The first kappa shape index (κ1) is 19.9. The monoisotopic (exact) mass is 447 g/mol. The fraction of sp³-hybridized carbons (Fsp3) is 0.346. The number of rotatable bonds is 3. The smallest absolute Gasteiger partial charge is 0.317 e. The van der Waals surface area contributed by atoms with E-state index in [1.165, 1.54) is 7.11 Å². The second kappa shape index (κ2) is 7.42. The van der Waals surface area contributed by atoms with Crippen molar-refractivity contribution in [3.05, 3.63) is 71.8 Å². The van der Waals surface area contributed by atoms with Crippen molar-refractivity contribution in [2.75, 3.05) is 32.5 Å². The minimum absolute atomic E-state index is 0.0343. The van der Waals surface area contributed by atoms with Gasteiger partial charge >= 0.3 is 5.97 Å². The zero-order valence-corrected chi connectivity index (χ0v) is 18.9. The van der Waals surface area contributed by atoms with E-state index in [-0.39, 0.29) is 24.0 Å². The number of thioether (sulfide) groups is 1. The number of nitrogens with zero attached hydrogens (tertiary/aromatic N) is 1. The minimum Gasteiger partial charge on any atom is -0.497 e. The molecule has 6 heteroatoms. The fourth-order valence-electron chi connectivity index (χ4n) is 6.12. The van der Waals surface area contributed by atoms with Crippen LogP contribution in [0.3, 0.4) is 0 Å². The second-order valence-corrected chi connectivity index (χ2v) is 9.75. The first-order valence-corrected chi connectivity index (χ1v) is 12.0. The molecular formula is C26H25NO4S. The molecular weight excluding hydrogens is 422 g/mol. The molecule has 0 spiro atoms. The Balaban J connectivity index is 1.61. The third kappa shape index (κ3) is 2.60. The number of hydrogen-bond acceptors (Lipinski definition) is 6. The van der Waals surface area contributed by atoms with Crippen LogP contribution in [0, 0.1) is 5.41 Å². The summed E-state index contributed by atoms with van der Waals surface area (Å²) in [6.07, 6.45) is 0. The van der Waals surface area contributed by atoms with Gasteiger partial charge in [0.1, 0.15) is 23.5 Å². The minimum atomic E-state index is -0.813. The Hall–Kier alpha value is -2.70. The van der Waals surface area contributed by atoms with Gasteiger partial charge in [0.25, 0.3) is 0 Å². The summed E-state index contributed by atoms with van der Waals surface area (Å²) >= 11 is 1.93. The van der Waals surface area contributed by atoms with Crippen molar-refractivity contribution in [3.8, 4) is 11.5 Å². The van der Waals surface area contributed by atoms with Gasteiger partial charge in [-0.15, -0.1) is 11.8 Å². The van der Waals surface area contributed by atoms with Crippen LogP contribution in [-0.4, -0.2) is 49.4 Å². The molecule has 3 aliphatic rings. The molecule has 0 unspecified atom stereocenters. The van der Waals surface area contributed by atoms with Crippen LogP contribution in [0.5, 0.6) is 11.5 Å². The summed E-state index contributed by atoms with van der Waals surface area (Å²) in [6.45, 7) is 0.310. The molecule has 0 aromatic heterocycles. The molecule has 2 fully saturated rings. The quantitative estimate of drug-likeness (QED) is 0.547. The topological polar surface area (TPSA) is 48.0 Å². The highest BCUT2D eigenvalue weighted by Gasteiger charge is 2.68. The van der Waals surface area contributed by atoms with Gasteiger partial charge in [-0.2, -0.15) is 0 Å². The highest BCUT2D eigenvalue weighted by molar-refractivity contribution is 7.99. The molecule has 164 valence electrons. The van der Waals surface area contributed by atoms with E-state index < -0.39 is 5.41 Å². The van der Waals surface area contributed by atoms with Crippen LogP contribution >= 0.6 is 11.8 Å². The molecule has 0 amide bonds. The van der Waals surface area contributed by atoms with Crippen molar-refractivity contribution in [2.24, 2.45) is 5.41 Å². The van der Waals surface area contributed by atoms with Crippen LogP contribution in [0.4, 0.5) is 0 Å². The van der Waals surface area contributed by atoms with E-state index in [1.54, 1.807) is 7.11 Å². The summed E-state index contributed by atoms with van der Waals surface area (Å²) in [5, 5.41) is 2.31. The number of carbonyl (C=O) groups excluding carboxylic acids is 1. The van der Waals surface area contributed by atoms with E-state index in [2.05, 4.69) is 53.4 Å². The molecule has 2 saturated heterocycles. The number of benzene rings is 3. The number of fused-ring (bicyclic) bond motifs is 7. The van der Waals surface area contributed by atoms with E-state index in [1.807, 2.05) is 23.9 Å². The number of esters is 1. The summed E-state index contributed by atoms with van der Waals surface area (Å²) in [5.41, 5.74) is 1.43. The van der Waals surface area contributed by atoms with Crippen LogP contribution in [0.1, 0.15) is 23.1 Å². The highest BCUT2D eigenvalue weighted by Crippen LogP contribution is 2.65. The maximum atomic E-state index is 13.7. The molecule has 32 heavy (non-hydrogen) atoms. The second-order valence-electron chi connectivity index (χ2n) is 8.75. The van der Waals surface area contributed by atoms with Gasteiger partial charge in [-0.05, 0) is 34.5 Å². The Labute approximate surface area is 191 Å². The molecule has 6 rings (SSSR count). The SMILES string of the molecule is COC(=O)[C@@]12COc3ccc4ccccc4c3[C@H]1N1CSC[C@@H]1[C@H]2c1ccc(OC)cc1. The molecule has 0 bridgehead atoms. The third-order valence-corrected chi connectivity index (χ3v) is 8.48. The molecule has 3 aliphatic heterocycles. The molecule has 4 atom stereocenters. The van der Waals surface area contributed by atoms with Crippen molar-refractivity contribution in [1.29, 1.82) is 0 Å². The largest absolute Gasteiger partial charge is 0.497 e. The summed E-state index contributed by atoms with van der Waals surface area (Å²) in [7, 11) is 3.17. The van der Waals surface area contributed by atoms with E-state index in [9.17, 15) is 4.79 Å². The summed E-state index contributed by atoms with van der Waals surface area (Å²) in [5.74, 6) is 3.33. The standard InChI is InChI=1S/C26H25NO4S/c1-29-18-10-7-17(8-11-18)23-20-13-32-15-27(20)24-22-19-6-4-3-5-16(19)9-12-21(22)31-14-26(23,24)25(28)30-2/h3-12,20,23-24H,13-15H2,1-2H3/t20-,23-,24-,26-/m1/s1. The summed E-state index contributed by atoms with van der Waals surface area (Å²) in [4.78, 5) is 16.2. The molecule has 3 aromatic rings. The van der Waals surface area contributed by atoms with E-state index >= 15 is 0 Å². The van der Waals surface area contributed by atoms with Gasteiger partial charge in [0.05, 0.1) is 20.3 Å². The Morgan fingerprint density at radius 1 is 1.09 bits per heavy atom. The fourth-order valence-corrected chi connectivity index (χ4v) is 7.41. The van der Waals surface area contributed by atoms with Gasteiger partial charge in [0, 0.05) is 29.2 Å². The molecule has 0 radical (unpaired) electrons. The van der Waals surface area contributed by atoms with Gasteiger partial charge in [-0.3, -0.25) is 9.69 Å². The van der Waals surface area contributed by atoms with E-state index in [0.717, 1.165) is 45.0 Å². The average Bonchev–Trinajstić information content (AvgIpc) is 3.42. The predicted molar refractivity (Wildman–Crippen MR) is 125 cm³/mol. The van der Waals surface area contributed by atoms with Crippen molar-refractivity contribution in [2.45, 2.75) is 18.0 Å². The molecule has 0 saturated carbocycles. The molecule has 3 heterocycles. The Bertz CT molecular complexity index is 1200. The lowest BCUT2D eigenvalue weighted by Crippen LogP contribution is -2.49. The zero-order valence-electron chi connectivity index (χ0n) is 18.1. The van der Waals surface area contributed by atoms with Crippen LogP contribution in [0.2, 0.25) is 0 Å². The van der Waals surface area contributed by atoms with Crippen molar-refractivity contribution >= 4 is 28.5 Å². The summed E-state index contributed by atoms with van der Waals surface area (Å²) < 4.78 is 17.3. The van der Waals surface area contributed by atoms with Crippen LogP contribution in [0.15, 0.2) is 60.7 Å². The van der Waals surface area contributed by atoms with Crippen molar-refractivity contribution in [3.63, 3.8) is 0 Å². The van der Waals surface area contributed by atoms with Crippen molar-refractivity contribution < 1.29 is 19.0 Å². The lowest BCUT2D eigenvalue weighted by Gasteiger charge is -2.43. The number of hydrogen-bond donors (Lipinski definition) is 0. The highest BCUT2D eigenvalue weighted by atomic mass is 32.2. The van der Waals surface area contributed by atoms with E-state index in [4.69, 9.17) is 14.2 Å². The number of ether oxygens (including phenoxy) is 3. The Kier molecular flexibility index (Phi) is 4.63. The van der Waals surface area contributed by atoms with Crippen LogP contribution in [0.25, 0.3) is 10.8 Å². The Morgan fingerprint density at radius 2 is 1.91 bits per heavy atom. The normalized spacial score (nSPS) is 28.5. The summed E-state index contributed by atoms with van der Waals surface area (Å²) in [6, 6.07) is 20.8. The van der Waals surface area contributed by atoms with Gasteiger partial charge in [-0.25, -0.2) is 0 Å². The van der Waals surface area contributed by atoms with Gasteiger partial charge in [0.15, 0.2) is 0 Å². The maximum Gasteiger partial charge on any atom is 0.317 e. The number of carbonyl (C=O) groups is 1. The Morgan fingerprint density at radius 3 is 2.69 bits per heavy atom. The first-order chi connectivity index (χ1) is 15.7.